The highest BCUT2D eigenvalue weighted by Gasteiger charge is 2.44. The van der Waals surface area contributed by atoms with Gasteiger partial charge in [0.15, 0.2) is 6.23 Å². The Bertz CT molecular complexity index is 1340. The lowest BCUT2D eigenvalue weighted by Crippen LogP contribution is -2.33. The number of aromatic nitrogens is 3. The smallest absolute Gasteiger partial charge is 0.164 e. The second kappa shape index (κ2) is 8.65. The van der Waals surface area contributed by atoms with Crippen LogP contribution >= 0.6 is 0 Å². The molecule has 1 aliphatic rings. The highest BCUT2D eigenvalue weighted by molar-refractivity contribution is 6.00. The van der Waals surface area contributed by atoms with Gasteiger partial charge in [0.1, 0.15) is 36.1 Å². The maximum atomic E-state index is 10.5. The maximum absolute atomic E-state index is 10.5. The van der Waals surface area contributed by atoms with Crippen LogP contribution in [0.1, 0.15) is 17.4 Å². The number of hydrogen-bond donors (Lipinski definition) is 4. The minimum absolute atomic E-state index is 0.286. The van der Waals surface area contributed by atoms with E-state index in [1.165, 1.54) is 6.33 Å². The standard InChI is InChI=1S/C25H22N4O4/c26-23-20-18(17-10-8-16(9-11-17)7-6-15-4-2-1-3-5-15)12-29(24(20)28-14-27-23)25-22(32)21(31)19(13-30)33-25/h1-5,8-12,14,19,21-22,25,30-32H,13H2,(H2,26,27,28)/t19-,21-,22-,25-/m1/s1. The molecule has 8 nitrogen and oxygen atoms in total. The van der Waals surface area contributed by atoms with Crippen molar-refractivity contribution in [2.75, 3.05) is 12.3 Å². The lowest BCUT2D eigenvalue weighted by atomic mass is 10.0. The molecule has 5 rings (SSSR count). The molecule has 0 amide bonds. The van der Waals surface area contributed by atoms with Crippen LogP contribution in [0.5, 0.6) is 0 Å². The van der Waals surface area contributed by atoms with E-state index in [1.54, 1.807) is 10.8 Å². The summed E-state index contributed by atoms with van der Waals surface area (Å²) in [4.78, 5) is 8.46. The number of nitrogen functional groups attached to an aromatic ring is 1. The molecule has 2 aromatic heterocycles. The van der Waals surface area contributed by atoms with Crippen molar-refractivity contribution in [2.45, 2.75) is 24.5 Å². The van der Waals surface area contributed by atoms with E-state index in [0.717, 1.165) is 22.3 Å². The van der Waals surface area contributed by atoms with Crippen molar-refractivity contribution in [1.29, 1.82) is 0 Å². The molecule has 0 saturated carbocycles. The number of aliphatic hydroxyl groups is 3. The lowest BCUT2D eigenvalue weighted by molar-refractivity contribution is -0.0508. The van der Waals surface area contributed by atoms with Crippen LogP contribution in [0, 0.1) is 11.8 Å². The molecule has 1 aliphatic heterocycles. The average Bonchev–Trinajstić information content (AvgIpc) is 3.37. The van der Waals surface area contributed by atoms with Crippen molar-refractivity contribution >= 4 is 16.9 Å². The van der Waals surface area contributed by atoms with Gasteiger partial charge in [-0.05, 0) is 29.8 Å². The van der Waals surface area contributed by atoms with E-state index in [4.69, 9.17) is 10.5 Å². The van der Waals surface area contributed by atoms with Crippen LogP contribution in [0.15, 0.2) is 67.1 Å². The lowest BCUT2D eigenvalue weighted by Gasteiger charge is -2.17. The molecule has 8 heteroatoms. The summed E-state index contributed by atoms with van der Waals surface area (Å²) in [6.07, 6.45) is -1.19. The summed E-state index contributed by atoms with van der Waals surface area (Å²) in [6, 6.07) is 17.4. The second-order valence-electron chi connectivity index (χ2n) is 7.83. The van der Waals surface area contributed by atoms with Gasteiger partial charge < -0.3 is 30.4 Å². The van der Waals surface area contributed by atoms with Crippen molar-refractivity contribution in [3.8, 4) is 23.0 Å². The predicted octanol–water partition coefficient (Wildman–Crippen LogP) is 1.69. The van der Waals surface area contributed by atoms with Crippen molar-refractivity contribution in [3.05, 3.63) is 78.2 Å². The van der Waals surface area contributed by atoms with Gasteiger partial charge in [-0.3, -0.25) is 0 Å². The number of nitrogens with two attached hydrogens (primary N) is 1. The maximum Gasteiger partial charge on any atom is 0.164 e. The molecule has 0 unspecified atom stereocenters. The summed E-state index contributed by atoms with van der Waals surface area (Å²) in [7, 11) is 0. The molecular weight excluding hydrogens is 420 g/mol. The van der Waals surface area contributed by atoms with Crippen molar-refractivity contribution in [1.82, 2.24) is 14.5 Å². The van der Waals surface area contributed by atoms with Gasteiger partial charge in [-0.2, -0.15) is 0 Å². The fourth-order valence-electron chi connectivity index (χ4n) is 4.03. The number of aliphatic hydroxyl groups excluding tert-OH is 3. The first-order valence-corrected chi connectivity index (χ1v) is 10.5. The molecule has 0 radical (unpaired) electrons. The third-order valence-electron chi connectivity index (χ3n) is 5.75. The SMILES string of the molecule is Nc1ncnc2c1c(-c1ccc(C#Cc3ccccc3)cc1)cn2[C@@H]1O[C@H](CO)[C@@H](O)[C@H]1O. The molecular formula is C25H22N4O4. The van der Waals surface area contributed by atoms with Gasteiger partial charge >= 0.3 is 0 Å². The highest BCUT2D eigenvalue weighted by atomic mass is 16.6. The normalized spacial score (nSPS) is 22.3. The van der Waals surface area contributed by atoms with E-state index in [9.17, 15) is 15.3 Å². The van der Waals surface area contributed by atoms with Gasteiger partial charge in [0, 0.05) is 22.9 Å². The first-order valence-electron chi connectivity index (χ1n) is 10.5. The first kappa shape index (κ1) is 21.1. The Kier molecular flexibility index (Phi) is 5.54. The number of anilines is 1. The molecule has 0 aliphatic carbocycles. The summed E-state index contributed by atoms with van der Waals surface area (Å²) >= 11 is 0. The summed E-state index contributed by atoms with van der Waals surface area (Å²) in [5, 5.41) is 30.7. The Morgan fingerprint density at radius 1 is 0.939 bits per heavy atom. The van der Waals surface area contributed by atoms with Gasteiger partial charge in [-0.15, -0.1) is 0 Å². The first-order chi connectivity index (χ1) is 16.1. The number of benzene rings is 2. The molecule has 4 atom stereocenters. The van der Waals surface area contributed by atoms with Crippen LogP contribution in [-0.2, 0) is 4.74 Å². The Hall–Kier alpha value is -3.74. The topological polar surface area (TPSA) is 127 Å². The van der Waals surface area contributed by atoms with E-state index in [0.29, 0.717) is 11.0 Å². The Morgan fingerprint density at radius 2 is 1.64 bits per heavy atom. The van der Waals surface area contributed by atoms with Crippen LogP contribution in [0.4, 0.5) is 5.82 Å². The van der Waals surface area contributed by atoms with Crippen molar-refractivity contribution < 1.29 is 20.1 Å². The van der Waals surface area contributed by atoms with Crippen LogP contribution < -0.4 is 5.73 Å². The molecule has 1 fully saturated rings. The number of fused-ring (bicyclic) bond motifs is 1. The Morgan fingerprint density at radius 3 is 2.30 bits per heavy atom. The zero-order valence-corrected chi connectivity index (χ0v) is 17.5. The largest absolute Gasteiger partial charge is 0.394 e. The number of hydrogen-bond acceptors (Lipinski definition) is 7. The second-order valence-corrected chi connectivity index (χ2v) is 7.83. The van der Waals surface area contributed by atoms with Crippen molar-refractivity contribution in [3.63, 3.8) is 0 Å². The Balaban J connectivity index is 1.53. The highest BCUT2D eigenvalue weighted by Crippen LogP contribution is 2.38. The van der Waals surface area contributed by atoms with Gasteiger partial charge in [0.2, 0.25) is 0 Å². The molecule has 5 N–H and O–H groups in total. The van der Waals surface area contributed by atoms with E-state index in [2.05, 4.69) is 21.8 Å². The third kappa shape index (κ3) is 3.84. The Labute approximate surface area is 189 Å². The van der Waals surface area contributed by atoms with Crippen LogP contribution in [0.3, 0.4) is 0 Å². The predicted molar refractivity (Wildman–Crippen MR) is 123 cm³/mol. The van der Waals surface area contributed by atoms with E-state index in [1.807, 2.05) is 54.6 Å². The quantitative estimate of drug-likeness (QED) is 0.356. The minimum atomic E-state index is -1.24. The fourth-order valence-corrected chi connectivity index (χ4v) is 4.03. The summed E-state index contributed by atoms with van der Waals surface area (Å²) in [5.41, 5.74) is 10.1. The van der Waals surface area contributed by atoms with Gasteiger partial charge in [-0.25, -0.2) is 9.97 Å². The van der Waals surface area contributed by atoms with Gasteiger partial charge in [0.05, 0.1) is 12.0 Å². The van der Waals surface area contributed by atoms with Crippen LogP contribution in [0.2, 0.25) is 0 Å². The molecule has 0 bridgehead atoms. The minimum Gasteiger partial charge on any atom is -0.394 e. The number of ether oxygens (including phenoxy) is 1. The van der Waals surface area contributed by atoms with Crippen molar-refractivity contribution in [2.24, 2.45) is 0 Å². The number of rotatable bonds is 3. The molecule has 1 saturated heterocycles. The van der Waals surface area contributed by atoms with Gasteiger partial charge in [-0.1, -0.05) is 42.2 Å². The zero-order chi connectivity index (χ0) is 22.9. The molecule has 0 spiro atoms. The molecule has 3 heterocycles. The molecule has 2 aromatic carbocycles. The molecule has 166 valence electrons. The molecule has 33 heavy (non-hydrogen) atoms. The van der Waals surface area contributed by atoms with Crippen LogP contribution in [-0.4, -0.2) is 54.8 Å². The average molecular weight is 442 g/mol. The fraction of sp³-hybridized carbons (Fsp3) is 0.200. The zero-order valence-electron chi connectivity index (χ0n) is 17.5. The third-order valence-corrected chi connectivity index (χ3v) is 5.75. The monoisotopic (exact) mass is 442 g/mol. The summed E-state index contributed by atoms with van der Waals surface area (Å²) < 4.78 is 7.33. The van der Waals surface area contributed by atoms with Crippen LogP contribution in [0.25, 0.3) is 22.2 Å². The van der Waals surface area contributed by atoms with Gasteiger partial charge in [0.25, 0.3) is 0 Å². The van der Waals surface area contributed by atoms with E-state index < -0.39 is 31.1 Å². The van der Waals surface area contributed by atoms with E-state index in [-0.39, 0.29) is 5.82 Å². The molecule has 4 aromatic rings. The number of nitrogens with zero attached hydrogens (tertiary/aromatic N) is 3. The van der Waals surface area contributed by atoms with E-state index >= 15 is 0 Å². The summed E-state index contributed by atoms with van der Waals surface area (Å²) in [6.45, 7) is -0.413. The summed E-state index contributed by atoms with van der Waals surface area (Å²) in [5.74, 6) is 6.57.